The first-order chi connectivity index (χ1) is 27.3. The first-order valence-corrected chi connectivity index (χ1v) is 20.8. The van der Waals surface area contributed by atoms with E-state index in [0.717, 1.165) is 62.5 Å². The topological polar surface area (TPSA) is 180 Å². The van der Waals surface area contributed by atoms with Crippen molar-refractivity contribution in [2.45, 2.75) is 116 Å². The maximum Gasteiger partial charge on any atom is 0.289 e. The van der Waals surface area contributed by atoms with Crippen LogP contribution in [0.3, 0.4) is 0 Å². The molecule has 0 bridgehead atoms. The van der Waals surface area contributed by atoms with E-state index in [1.54, 1.807) is 4.90 Å². The maximum absolute atomic E-state index is 15.2. The smallest absolute Gasteiger partial charge is 0.289 e. The second kappa shape index (κ2) is 16.5. The third-order valence-corrected chi connectivity index (χ3v) is 14.0. The van der Waals surface area contributed by atoms with Crippen molar-refractivity contribution in [2.24, 2.45) is 34.5 Å². The lowest BCUT2D eigenvalue weighted by Crippen LogP contribution is -2.63. The van der Waals surface area contributed by atoms with Gasteiger partial charge in [-0.3, -0.25) is 33.8 Å². The monoisotopic (exact) mass is 779 g/mol. The van der Waals surface area contributed by atoms with Crippen LogP contribution in [0.4, 0.5) is 0 Å². The Labute approximate surface area is 335 Å². The van der Waals surface area contributed by atoms with Crippen molar-refractivity contribution < 1.29 is 28.8 Å². The maximum atomic E-state index is 15.2. The number of carbonyl (C=O) groups excluding carboxylic acids is 6. The van der Waals surface area contributed by atoms with E-state index in [1.807, 2.05) is 31.2 Å². The fourth-order valence-corrected chi connectivity index (χ4v) is 10.2. The molecule has 13 heteroatoms. The number of ketones is 1. The summed E-state index contributed by atoms with van der Waals surface area (Å²) >= 11 is 0. The minimum atomic E-state index is -1.03. The summed E-state index contributed by atoms with van der Waals surface area (Å²) in [5, 5.41) is 11.7. The zero-order valence-corrected chi connectivity index (χ0v) is 33.4. The number of carbonyl (C=O) groups is 6. The van der Waals surface area contributed by atoms with Crippen LogP contribution in [0.1, 0.15) is 100 Å². The number of hydrogen-bond donors (Lipinski definition) is 4. The van der Waals surface area contributed by atoms with Gasteiger partial charge in [-0.15, -0.1) is 6.58 Å². The summed E-state index contributed by atoms with van der Waals surface area (Å²) in [5.74, 6) is -3.47. The molecule has 1 aromatic heterocycles. The molecule has 13 nitrogen and oxygen atoms in total. The van der Waals surface area contributed by atoms with Crippen LogP contribution in [0, 0.1) is 34.5 Å². The van der Waals surface area contributed by atoms with Gasteiger partial charge >= 0.3 is 0 Å². The lowest BCUT2D eigenvalue weighted by atomic mass is 9.70. The SMILES string of the molecule is C=CCNC(=O)C(=O)C(CC1CCC1)NC(=O)C1C2C(CN1C(=O)C(NC(=O)C(NC(=O)c1cnccn1)C1(C)CCCCC1)C1Cc3ccccc3C1)C2(C)C. The minimum Gasteiger partial charge on any atom is -0.346 e. The number of fused-ring (bicyclic) bond motifs is 2. The van der Waals surface area contributed by atoms with Crippen molar-refractivity contribution in [1.82, 2.24) is 36.1 Å². The summed E-state index contributed by atoms with van der Waals surface area (Å²) in [6.07, 6.45) is 14.4. The summed E-state index contributed by atoms with van der Waals surface area (Å²) in [4.78, 5) is 94.2. The van der Waals surface area contributed by atoms with Crippen LogP contribution < -0.4 is 21.3 Å². The van der Waals surface area contributed by atoms with E-state index in [1.165, 1.54) is 24.7 Å². The minimum absolute atomic E-state index is 0.0474. The number of hydrogen-bond acceptors (Lipinski definition) is 8. The molecule has 304 valence electrons. The largest absolute Gasteiger partial charge is 0.346 e. The number of rotatable bonds is 15. The second-order valence-corrected chi connectivity index (χ2v) is 18.0. The molecule has 4 N–H and O–H groups in total. The summed E-state index contributed by atoms with van der Waals surface area (Å²) in [6, 6.07) is 4.14. The van der Waals surface area contributed by atoms with Crippen molar-refractivity contribution in [2.75, 3.05) is 13.1 Å². The molecule has 1 aliphatic heterocycles. The Morgan fingerprint density at radius 3 is 2.25 bits per heavy atom. The zero-order valence-electron chi connectivity index (χ0n) is 33.4. The van der Waals surface area contributed by atoms with Gasteiger partial charge in [0.1, 0.15) is 23.8 Å². The van der Waals surface area contributed by atoms with E-state index in [2.05, 4.69) is 51.7 Å². The molecule has 4 aliphatic carbocycles. The Morgan fingerprint density at radius 1 is 0.930 bits per heavy atom. The summed E-state index contributed by atoms with van der Waals surface area (Å²) < 4.78 is 0. The number of Topliss-reactive ketones (excluding diaryl/α,β-unsaturated/α-hetero) is 1. The third kappa shape index (κ3) is 8.25. The second-order valence-electron chi connectivity index (χ2n) is 18.0. The van der Waals surface area contributed by atoms with Crippen LogP contribution in [0.5, 0.6) is 0 Å². The number of likely N-dealkylation sites (tertiary alicyclic amines) is 1. The number of aromatic nitrogens is 2. The molecule has 3 saturated carbocycles. The molecule has 7 rings (SSSR count). The first-order valence-electron chi connectivity index (χ1n) is 20.8. The predicted octanol–water partition coefficient (Wildman–Crippen LogP) is 3.47. The summed E-state index contributed by atoms with van der Waals surface area (Å²) in [7, 11) is 0. The van der Waals surface area contributed by atoms with E-state index < -0.39 is 59.0 Å². The van der Waals surface area contributed by atoms with Gasteiger partial charge in [-0.05, 0) is 77.7 Å². The highest BCUT2D eigenvalue weighted by Gasteiger charge is 2.70. The number of piperidine rings is 1. The van der Waals surface area contributed by atoms with Crippen molar-refractivity contribution in [1.29, 1.82) is 0 Å². The molecule has 1 saturated heterocycles. The highest BCUT2D eigenvalue weighted by molar-refractivity contribution is 6.38. The number of nitrogens with zero attached hydrogens (tertiary/aromatic N) is 3. The fourth-order valence-electron chi connectivity index (χ4n) is 10.2. The Hall–Kier alpha value is -4.94. The van der Waals surface area contributed by atoms with Gasteiger partial charge in [0.2, 0.25) is 23.5 Å². The summed E-state index contributed by atoms with van der Waals surface area (Å²) in [5.41, 5.74) is 1.50. The lowest BCUT2D eigenvalue weighted by Gasteiger charge is -2.41. The van der Waals surface area contributed by atoms with Crippen LogP contribution in [0.2, 0.25) is 0 Å². The third-order valence-electron chi connectivity index (χ3n) is 14.0. The van der Waals surface area contributed by atoms with Gasteiger partial charge in [-0.1, -0.05) is 89.6 Å². The normalized spacial score (nSPS) is 24.7. The van der Waals surface area contributed by atoms with Gasteiger partial charge in [-0.25, -0.2) is 4.98 Å². The first kappa shape index (κ1) is 40.3. The van der Waals surface area contributed by atoms with E-state index in [0.29, 0.717) is 25.8 Å². The average Bonchev–Trinajstić information content (AvgIpc) is 3.54. The molecule has 2 heterocycles. The average molecular weight is 780 g/mol. The van der Waals surface area contributed by atoms with Gasteiger partial charge in [0, 0.05) is 25.5 Å². The highest BCUT2D eigenvalue weighted by Crippen LogP contribution is 2.65. The fraction of sp³-hybridized carbons (Fsp3) is 0.591. The van der Waals surface area contributed by atoms with Crippen molar-refractivity contribution in [3.05, 3.63) is 72.3 Å². The zero-order chi connectivity index (χ0) is 40.5. The van der Waals surface area contributed by atoms with Crippen LogP contribution in [0.25, 0.3) is 0 Å². The van der Waals surface area contributed by atoms with Crippen LogP contribution in [-0.2, 0) is 36.8 Å². The molecule has 6 atom stereocenters. The van der Waals surface area contributed by atoms with Gasteiger partial charge in [-0.2, -0.15) is 0 Å². The Balaban J connectivity index is 1.17. The lowest BCUT2D eigenvalue weighted by molar-refractivity contribution is -0.146. The quantitative estimate of drug-likeness (QED) is 0.157. The van der Waals surface area contributed by atoms with Crippen LogP contribution in [0.15, 0.2) is 55.5 Å². The van der Waals surface area contributed by atoms with Gasteiger partial charge in [0.15, 0.2) is 0 Å². The van der Waals surface area contributed by atoms with Crippen molar-refractivity contribution >= 4 is 35.3 Å². The number of benzene rings is 1. The van der Waals surface area contributed by atoms with Gasteiger partial charge in [0.05, 0.1) is 12.2 Å². The number of amides is 5. The highest BCUT2D eigenvalue weighted by atomic mass is 16.2. The molecular formula is C44H57N7O6. The molecule has 5 aliphatic rings. The molecule has 0 radical (unpaired) electrons. The summed E-state index contributed by atoms with van der Waals surface area (Å²) in [6.45, 7) is 10.3. The van der Waals surface area contributed by atoms with Crippen LogP contribution in [-0.4, -0.2) is 87.4 Å². The van der Waals surface area contributed by atoms with Gasteiger partial charge in [0.25, 0.3) is 11.8 Å². The molecule has 57 heavy (non-hydrogen) atoms. The molecule has 0 spiro atoms. The molecule has 4 fully saturated rings. The van der Waals surface area contributed by atoms with E-state index >= 15 is 4.79 Å². The van der Waals surface area contributed by atoms with Crippen molar-refractivity contribution in [3.63, 3.8) is 0 Å². The Bertz CT molecular complexity index is 1860. The molecule has 1 aromatic carbocycles. The van der Waals surface area contributed by atoms with E-state index in [-0.39, 0.29) is 47.2 Å². The number of nitrogens with one attached hydrogen (secondary N) is 4. The Kier molecular flexibility index (Phi) is 11.7. The van der Waals surface area contributed by atoms with Gasteiger partial charge < -0.3 is 26.2 Å². The molecule has 5 amide bonds. The standard InChI is InChI=1S/C44H57N7O6/c1-5-18-47-40(55)36(52)31(21-26-12-11-13-26)48-39(54)35-33-30(43(33,2)3)25-51(35)42(57)34(29-22-27-14-7-8-15-28(27)23-29)49-41(56)37(44(4)16-9-6-10-17-44)50-38(53)32-24-45-19-20-46-32/h5,7-8,14-15,19-20,24,26,29-31,33-35,37H,1,6,9-13,16-18,21-23,25H2,2-4H3,(H,47,55)(H,48,54)(H,49,56)(H,50,53). The Morgan fingerprint density at radius 2 is 1.63 bits per heavy atom. The molecule has 2 aromatic rings. The molecule has 6 unspecified atom stereocenters. The van der Waals surface area contributed by atoms with E-state index in [9.17, 15) is 24.0 Å². The van der Waals surface area contributed by atoms with Crippen molar-refractivity contribution in [3.8, 4) is 0 Å². The van der Waals surface area contributed by atoms with E-state index in [4.69, 9.17) is 0 Å². The molecular weight excluding hydrogens is 723 g/mol. The predicted molar refractivity (Wildman–Crippen MR) is 212 cm³/mol. The van der Waals surface area contributed by atoms with Crippen LogP contribution >= 0.6 is 0 Å².